The number of benzene rings is 1. The largest absolute Gasteiger partial charge is 0.497 e. The predicted octanol–water partition coefficient (Wildman–Crippen LogP) is 3.76. The molecule has 2 N–H and O–H groups in total. The number of ether oxygens (including phenoxy) is 1. The maximum atomic E-state index is 12.2. The van der Waals surface area contributed by atoms with E-state index >= 15 is 0 Å². The molecule has 6 nitrogen and oxygen atoms in total. The van der Waals surface area contributed by atoms with E-state index in [0.717, 1.165) is 31.6 Å². The monoisotopic (exact) mass is 380 g/mol. The number of methoxy groups -OCH3 is 1. The maximum absolute atomic E-state index is 12.2. The van der Waals surface area contributed by atoms with Crippen molar-refractivity contribution >= 4 is 11.7 Å². The second-order valence-corrected chi connectivity index (χ2v) is 6.93. The molecule has 3 rings (SSSR count). The Kier molecular flexibility index (Phi) is 7.41. The third kappa shape index (κ3) is 6.08. The van der Waals surface area contributed by atoms with E-state index in [-0.39, 0.29) is 5.91 Å². The summed E-state index contributed by atoms with van der Waals surface area (Å²) in [7, 11) is 1.66. The van der Waals surface area contributed by atoms with Crippen molar-refractivity contribution in [1.29, 1.82) is 0 Å². The van der Waals surface area contributed by atoms with Crippen LogP contribution >= 0.6 is 0 Å². The van der Waals surface area contributed by atoms with Crippen molar-refractivity contribution in [3.8, 4) is 5.75 Å². The van der Waals surface area contributed by atoms with E-state index in [0.29, 0.717) is 18.1 Å². The van der Waals surface area contributed by atoms with Crippen molar-refractivity contribution in [1.82, 2.24) is 15.3 Å². The van der Waals surface area contributed by atoms with Crippen LogP contribution in [-0.4, -0.2) is 36.1 Å². The quantitative estimate of drug-likeness (QED) is 0.648. The molecular weight excluding hydrogens is 352 g/mol. The van der Waals surface area contributed by atoms with Crippen LogP contribution in [0.5, 0.6) is 5.75 Å². The molecule has 0 unspecified atom stereocenters. The standard InChI is InChI=1S/C22H28N4O2/c1-28-19-9-5-8-18(14-19)11-12-23-21-16-25-20(15-26-21)22(27)24-13-10-17-6-3-2-4-7-17/h5-6,8-9,14-16H,2-4,7,10-13H2,1H3,(H,23,26)(H,24,27). The molecule has 28 heavy (non-hydrogen) atoms. The lowest BCUT2D eigenvalue weighted by Crippen LogP contribution is -2.26. The van der Waals surface area contributed by atoms with Gasteiger partial charge in [-0.1, -0.05) is 23.8 Å². The molecule has 148 valence electrons. The summed E-state index contributed by atoms with van der Waals surface area (Å²) < 4.78 is 5.23. The van der Waals surface area contributed by atoms with Gasteiger partial charge in [0.2, 0.25) is 0 Å². The molecule has 0 aliphatic heterocycles. The number of anilines is 1. The fraction of sp³-hybridized carbons (Fsp3) is 0.409. The number of nitrogens with zero attached hydrogens (tertiary/aromatic N) is 2. The van der Waals surface area contributed by atoms with Crippen molar-refractivity contribution in [2.75, 3.05) is 25.5 Å². The highest BCUT2D eigenvalue weighted by Crippen LogP contribution is 2.19. The number of carbonyl (C=O) groups is 1. The van der Waals surface area contributed by atoms with Gasteiger partial charge in [0, 0.05) is 13.1 Å². The van der Waals surface area contributed by atoms with Gasteiger partial charge in [0.15, 0.2) is 0 Å². The topological polar surface area (TPSA) is 76.1 Å². The Morgan fingerprint density at radius 1 is 1.14 bits per heavy atom. The van der Waals surface area contributed by atoms with E-state index in [1.54, 1.807) is 13.3 Å². The number of hydrogen-bond donors (Lipinski definition) is 2. The highest BCUT2D eigenvalue weighted by Gasteiger charge is 2.09. The summed E-state index contributed by atoms with van der Waals surface area (Å²) in [6.07, 6.45) is 12.1. The zero-order chi connectivity index (χ0) is 19.6. The van der Waals surface area contributed by atoms with Crippen LogP contribution < -0.4 is 15.4 Å². The van der Waals surface area contributed by atoms with Crippen molar-refractivity contribution in [3.63, 3.8) is 0 Å². The van der Waals surface area contributed by atoms with E-state index < -0.39 is 0 Å². The van der Waals surface area contributed by atoms with Gasteiger partial charge in [-0.25, -0.2) is 9.97 Å². The Bertz CT molecular complexity index is 802. The van der Waals surface area contributed by atoms with E-state index in [1.807, 2.05) is 18.2 Å². The molecule has 1 aliphatic rings. The third-order valence-corrected chi connectivity index (χ3v) is 4.86. The Labute approximate surface area is 166 Å². The molecule has 0 atom stereocenters. The molecule has 0 spiro atoms. The minimum atomic E-state index is -0.174. The smallest absolute Gasteiger partial charge is 0.271 e. The van der Waals surface area contributed by atoms with E-state index in [2.05, 4.69) is 32.7 Å². The Morgan fingerprint density at radius 3 is 2.82 bits per heavy atom. The molecular formula is C22H28N4O2. The summed E-state index contributed by atoms with van der Waals surface area (Å²) in [6.45, 7) is 1.37. The van der Waals surface area contributed by atoms with Gasteiger partial charge >= 0.3 is 0 Å². The summed E-state index contributed by atoms with van der Waals surface area (Å²) in [5, 5.41) is 6.16. The lowest BCUT2D eigenvalue weighted by molar-refractivity contribution is 0.0948. The van der Waals surface area contributed by atoms with Crippen LogP contribution in [0.4, 0.5) is 5.82 Å². The van der Waals surface area contributed by atoms with Gasteiger partial charge in [-0.2, -0.15) is 0 Å². The SMILES string of the molecule is COc1cccc(CCNc2cnc(C(=O)NCCC3=CCCCC3)cn2)c1. The minimum Gasteiger partial charge on any atom is -0.497 e. The summed E-state index contributed by atoms with van der Waals surface area (Å²) in [5.74, 6) is 1.34. The number of nitrogens with one attached hydrogen (secondary N) is 2. The van der Waals surface area contributed by atoms with Crippen LogP contribution in [0, 0.1) is 0 Å². The Balaban J connectivity index is 1.41. The fourth-order valence-electron chi connectivity index (χ4n) is 3.26. The fourth-order valence-corrected chi connectivity index (χ4v) is 3.26. The number of rotatable bonds is 9. The van der Waals surface area contributed by atoms with Gasteiger partial charge in [0.25, 0.3) is 5.91 Å². The Hall–Kier alpha value is -2.89. The van der Waals surface area contributed by atoms with Gasteiger partial charge in [-0.05, 0) is 56.2 Å². The zero-order valence-electron chi connectivity index (χ0n) is 16.4. The summed E-state index contributed by atoms with van der Waals surface area (Å²) in [5.41, 5.74) is 2.98. The summed E-state index contributed by atoms with van der Waals surface area (Å²) >= 11 is 0. The van der Waals surface area contributed by atoms with Crippen LogP contribution in [0.15, 0.2) is 48.3 Å². The molecule has 0 saturated heterocycles. The molecule has 0 radical (unpaired) electrons. The van der Waals surface area contributed by atoms with E-state index in [1.165, 1.54) is 36.6 Å². The number of hydrogen-bond acceptors (Lipinski definition) is 5. The Morgan fingerprint density at radius 2 is 2.07 bits per heavy atom. The van der Waals surface area contributed by atoms with Crippen molar-refractivity contribution < 1.29 is 9.53 Å². The minimum absolute atomic E-state index is 0.174. The van der Waals surface area contributed by atoms with E-state index in [4.69, 9.17) is 4.74 Å². The normalized spacial score (nSPS) is 13.5. The number of aromatic nitrogens is 2. The second kappa shape index (κ2) is 10.4. The second-order valence-electron chi connectivity index (χ2n) is 6.93. The van der Waals surface area contributed by atoms with Gasteiger partial charge in [-0.15, -0.1) is 0 Å². The average Bonchev–Trinajstić information content (AvgIpc) is 2.75. The van der Waals surface area contributed by atoms with Crippen LogP contribution in [0.3, 0.4) is 0 Å². The maximum Gasteiger partial charge on any atom is 0.271 e. The summed E-state index contributed by atoms with van der Waals surface area (Å²) in [4.78, 5) is 20.7. The van der Waals surface area contributed by atoms with Gasteiger partial charge in [-0.3, -0.25) is 4.79 Å². The lowest BCUT2D eigenvalue weighted by Gasteiger charge is -2.12. The van der Waals surface area contributed by atoms with Gasteiger partial charge in [0.1, 0.15) is 17.3 Å². The first-order valence-corrected chi connectivity index (χ1v) is 9.89. The lowest BCUT2D eigenvalue weighted by atomic mass is 9.97. The molecule has 2 aromatic rings. The zero-order valence-corrected chi connectivity index (χ0v) is 16.4. The molecule has 0 saturated carbocycles. The van der Waals surface area contributed by atoms with Gasteiger partial charge < -0.3 is 15.4 Å². The first-order chi connectivity index (χ1) is 13.7. The summed E-state index contributed by atoms with van der Waals surface area (Å²) in [6, 6.07) is 7.99. The first kappa shape index (κ1) is 19.9. The number of carbonyl (C=O) groups excluding carboxylic acids is 1. The third-order valence-electron chi connectivity index (χ3n) is 4.86. The van der Waals surface area contributed by atoms with Crippen LogP contribution in [0.1, 0.15) is 48.2 Å². The number of amides is 1. The van der Waals surface area contributed by atoms with Crippen LogP contribution in [0.25, 0.3) is 0 Å². The van der Waals surface area contributed by atoms with Crippen LogP contribution in [-0.2, 0) is 6.42 Å². The highest BCUT2D eigenvalue weighted by atomic mass is 16.5. The molecule has 6 heteroatoms. The predicted molar refractivity (Wildman–Crippen MR) is 111 cm³/mol. The first-order valence-electron chi connectivity index (χ1n) is 9.89. The van der Waals surface area contributed by atoms with E-state index in [9.17, 15) is 4.79 Å². The molecule has 0 fully saturated rings. The molecule has 1 aliphatic carbocycles. The number of allylic oxidation sites excluding steroid dienone is 1. The molecule has 1 heterocycles. The van der Waals surface area contributed by atoms with Crippen molar-refractivity contribution in [3.05, 3.63) is 59.6 Å². The van der Waals surface area contributed by atoms with Crippen molar-refractivity contribution in [2.45, 2.75) is 38.5 Å². The molecule has 0 bridgehead atoms. The van der Waals surface area contributed by atoms with Gasteiger partial charge in [0.05, 0.1) is 19.5 Å². The molecule has 1 aromatic carbocycles. The highest BCUT2D eigenvalue weighted by molar-refractivity contribution is 5.91. The molecule has 1 aromatic heterocycles. The average molecular weight is 380 g/mol. The molecule has 1 amide bonds. The van der Waals surface area contributed by atoms with Crippen molar-refractivity contribution in [2.24, 2.45) is 0 Å². The van der Waals surface area contributed by atoms with Crippen LogP contribution in [0.2, 0.25) is 0 Å².